The molecule has 6 N–H and O–H groups in total. The third-order valence-corrected chi connectivity index (χ3v) is 2.76. The average molecular weight is 252 g/mol. The van der Waals surface area contributed by atoms with E-state index in [4.69, 9.17) is 20.4 Å². The van der Waals surface area contributed by atoms with E-state index in [0.29, 0.717) is 25.7 Å². The van der Waals surface area contributed by atoms with Crippen molar-refractivity contribution in [1.29, 1.82) is 0 Å². The molecule has 0 amide bonds. The first-order valence-electron chi connectivity index (χ1n) is 5.96. The molecule has 0 fully saturated rings. The van der Waals surface area contributed by atoms with E-state index in [-0.39, 0.29) is 0 Å². The highest BCUT2D eigenvalue weighted by Gasteiger charge is 2.16. The minimum absolute atomic E-state index is 0.389. The number of rotatable bonds is 10. The lowest BCUT2D eigenvalue weighted by atomic mass is 10.0. The van der Waals surface area contributed by atoms with Crippen LogP contribution in [0.5, 0.6) is 0 Å². The molecule has 6 heteroatoms. The third kappa shape index (κ3) is 7.64. The van der Waals surface area contributed by atoms with E-state index < -0.39 is 37.6 Å². The van der Waals surface area contributed by atoms with Crippen LogP contribution in [-0.4, -0.2) is 68.3 Å². The van der Waals surface area contributed by atoms with Crippen LogP contribution in [0.2, 0.25) is 0 Å². The summed E-state index contributed by atoms with van der Waals surface area (Å²) in [4.78, 5) is 0. The predicted molar refractivity (Wildman–Crippen MR) is 61.3 cm³/mol. The molecule has 0 aliphatic carbocycles. The second-order valence-corrected chi connectivity index (χ2v) is 4.27. The molecule has 104 valence electrons. The van der Waals surface area contributed by atoms with Gasteiger partial charge in [-0.3, -0.25) is 0 Å². The molecule has 17 heavy (non-hydrogen) atoms. The maximum absolute atomic E-state index is 9.32. The Morgan fingerprint density at radius 2 is 0.882 bits per heavy atom. The first-order valence-corrected chi connectivity index (χ1v) is 5.96. The van der Waals surface area contributed by atoms with Crippen molar-refractivity contribution in [3.05, 3.63) is 0 Å². The van der Waals surface area contributed by atoms with Crippen molar-refractivity contribution in [2.45, 2.75) is 56.5 Å². The molecule has 0 aromatic carbocycles. The molecular formula is C11H24O6. The highest BCUT2D eigenvalue weighted by atomic mass is 16.4. The average Bonchev–Trinajstić information content (AvgIpc) is 2.35. The smallest absolute Gasteiger partial charge is 0.103 e. The molecule has 0 radical (unpaired) electrons. The van der Waals surface area contributed by atoms with Crippen molar-refractivity contribution in [3.63, 3.8) is 0 Å². The minimum Gasteiger partial charge on any atom is -0.394 e. The zero-order chi connectivity index (χ0) is 13.3. The SMILES string of the molecule is OCC(O)C(O)CCCCCC(O)C(O)CO. The van der Waals surface area contributed by atoms with Gasteiger partial charge >= 0.3 is 0 Å². The van der Waals surface area contributed by atoms with Crippen molar-refractivity contribution in [3.8, 4) is 0 Å². The van der Waals surface area contributed by atoms with E-state index in [9.17, 15) is 10.2 Å². The van der Waals surface area contributed by atoms with Crippen LogP contribution in [0.3, 0.4) is 0 Å². The lowest BCUT2D eigenvalue weighted by Gasteiger charge is -2.16. The summed E-state index contributed by atoms with van der Waals surface area (Å²) in [5, 5.41) is 53.9. The van der Waals surface area contributed by atoms with Crippen LogP contribution in [0.4, 0.5) is 0 Å². The first kappa shape index (κ1) is 16.8. The molecule has 0 saturated heterocycles. The minimum atomic E-state index is -1.10. The van der Waals surface area contributed by atoms with Crippen LogP contribution in [0.25, 0.3) is 0 Å². The maximum atomic E-state index is 9.32. The van der Waals surface area contributed by atoms with Gasteiger partial charge in [-0.05, 0) is 12.8 Å². The lowest BCUT2D eigenvalue weighted by molar-refractivity contribution is -0.0218. The van der Waals surface area contributed by atoms with E-state index in [1.807, 2.05) is 0 Å². The standard InChI is InChI=1S/C11H24O6/c12-6-10(16)8(14)4-2-1-3-5-9(15)11(17)7-13/h8-17H,1-7H2. The number of hydrogen-bond acceptors (Lipinski definition) is 6. The van der Waals surface area contributed by atoms with Gasteiger partial charge in [0.25, 0.3) is 0 Å². The maximum Gasteiger partial charge on any atom is 0.103 e. The van der Waals surface area contributed by atoms with Gasteiger partial charge in [0.1, 0.15) is 12.2 Å². The van der Waals surface area contributed by atoms with Crippen LogP contribution in [-0.2, 0) is 0 Å². The summed E-state index contributed by atoms with van der Waals surface area (Å²) < 4.78 is 0. The van der Waals surface area contributed by atoms with Crippen molar-refractivity contribution in [1.82, 2.24) is 0 Å². The van der Waals surface area contributed by atoms with Gasteiger partial charge in [0, 0.05) is 0 Å². The van der Waals surface area contributed by atoms with Crippen molar-refractivity contribution in [2.75, 3.05) is 13.2 Å². The van der Waals surface area contributed by atoms with Crippen LogP contribution < -0.4 is 0 Å². The predicted octanol–water partition coefficient (Wildman–Crippen LogP) is -1.63. The van der Waals surface area contributed by atoms with Gasteiger partial charge in [-0.15, -0.1) is 0 Å². The molecule has 0 aromatic rings. The Hall–Kier alpha value is -0.240. The number of aliphatic hydroxyl groups is 6. The fourth-order valence-electron chi connectivity index (χ4n) is 1.51. The normalized spacial score (nSPS) is 18.7. The van der Waals surface area contributed by atoms with Gasteiger partial charge < -0.3 is 30.6 Å². The summed E-state index contributed by atoms with van der Waals surface area (Å²) in [6, 6.07) is 0. The summed E-state index contributed by atoms with van der Waals surface area (Å²) in [6.45, 7) is -0.912. The monoisotopic (exact) mass is 252 g/mol. The number of hydrogen-bond donors (Lipinski definition) is 6. The Morgan fingerprint density at radius 1 is 0.529 bits per heavy atom. The fourth-order valence-corrected chi connectivity index (χ4v) is 1.51. The molecule has 0 heterocycles. The highest BCUT2D eigenvalue weighted by molar-refractivity contribution is 4.68. The van der Waals surface area contributed by atoms with Gasteiger partial charge in [0.15, 0.2) is 0 Å². The quantitative estimate of drug-likeness (QED) is 0.259. The third-order valence-electron chi connectivity index (χ3n) is 2.76. The Balaban J connectivity index is 3.46. The lowest BCUT2D eigenvalue weighted by Crippen LogP contribution is -2.29. The molecule has 0 aliphatic heterocycles. The first-order chi connectivity index (χ1) is 8.02. The number of unbranched alkanes of at least 4 members (excludes halogenated alkanes) is 2. The van der Waals surface area contributed by atoms with E-state index in [2.05, 4.69) is 0 Å². The molecule has 6 nitrogen and oxygen atoms in total. The summed E-state index contributed by atoms with van der Waals surface area (Å²) >= 11 is 0. The molecular weight excluding hydrogens is 228 g/mol. The summed E-state index contributed by atoms with van der Waals surface area (Å²) in [7, 11) is 0. The number of aliphatic hydroxyl groups excluding tert-OH is 6. The van der Waals surface area contributed by atoms with Crippen molar-refractivity contribution < 1.29 is 30.6 Å². The molecule has 0 aliphatic rings. The summed E-state index contributed by atoms with van der Waals surface area (Å²) in [6.07, 6.45) is -1.19. The Morgan fingerprint density at radius 3 is 1.18 bits per heavy atom. The van der Waals surface area contributed by atoms with Gasteiger partial charge in [0.05, 0.1) is 25.4 Å². The van der Waals surface area contributed by atoms with Crippen LogP contribution >= 0.6 is 0 Å². The van der Waals surface area contributed by atoms with Crippen LogP contribution in [0, 0.1) is 0 Å². The van der Waals surface area contributed by atoms with Crippen molar-refractivity contribution in [2.24, 2.45) is 0 Å². The van der Waals surface area contributed by atoms with E-state index in [1.54, 1.807) is 0 Å². The molecule has 4 atom stereocenters. The second-order valence-electron chi connectivity index (χ2n) is 4.27. The molecule has 0 bridgehead atoms. The molecule has 0 spiro atoms. The van der Waals surface area contributed by atoms with E-state index >= 15 is 0 Å². The fraction of sp³-hybridized carbons (Fsp3) is 1.00. The zero-order valence-electron chi connectivity index (χ0n) is 9.94. The molecule has 0 saturated carbocycles. The summed E-state index contributed by atoms with van der Waals surface area (Å²) in [5.41, 5.74) is 0. The largest absolute Gasteiger partial charge is 0.394 e. The topological polar surface area (TPSA) is 121 Å². The summed E-state index contributed by atoms with van der Waals surface area (Å²) in [5.74, 6) is 0. The Bertz CT molecular complexity index is 159. The van der Waals surface area contributed by atoms with Crippen LogP contribution in [0.1, 0.15) is 32.1 Å². The van der Waals surface area contributed by atoms with Gasteiger partial charge in [-0.2, -0.15) is 0 Å². The van der Waals surface area contributed by atoms with Crippen LogP contribution in [0.15, 0.2) is 0 Å². The Labute approximate surface area is 101 Å². The molecule has 4 unspecified atom stereocenters. The Kier molecular flexibility index (Phi) is 9.62. The zero-order valence-corrected chi connectivity index (χ0v) is 9.94. The second kappa shape index (κ2) is 9.76. The van der Waals surface area contributed by atoms with Gasteiger partial charge in [-0.1, -0.05) is 19.3 Å². The molecule has 0 aromatic heterocycles. The van der Waals surface area contributed by atoms with Crippen molar-refractivity contribution >= 4 is 0 Å². The van der Waals surface area contributed by atoms with Gasteiger partial charge in [0.2, 0.25) is 0 Å². The van der Waals surface area contributed by atoms with Gasteiger partial charge in [-0.25, -0.2) is 0 Å². The highest BCUT2D eigenvalue weighted by Crippen LogP contribution is 2.11. The van der Waals surface area contributed by atoms with E-state index in [1.165, 1.54) is 0 Å². The van der Waals surface area contributed by atoms with E-state index in [0.717, 1.165) is 6.42 Å². The molecule has 0 rings (SSSR count).